The number of benzene rings is 1. The van der Waals surface area contributed by atoms with Crippen molar-refractivity contribution >= 4 is 0 Å². The van der Waals surface area contributed by atoms with Gasteiger partial charge >= 0.3 is 0 Å². The molecule has 2 heteroatoms. The second-order valence-electron chi connectivity index (χ2n) is 6.19. The Bertz CT molecular complexity index is 383. The lowest BCUT2D eigenvalue weighted by Crippen LogP contribution is -2.46. The zero-order valence-corrected chi connectivity index (χ0v) is 13.0. The lowest BCUT2D eigenvalue weighted by atomic mass is 9.99. The molecule has 0 atom stereocenters. The topological polar surface area (TPSA) is 15.3 Å². The molecule has 1 aromatic carbocycles. The molecule has 0 spiro atoms. The summed E-state index contributed by atoms with van der Waals surface area (Å²) in [5.41, 5.74) is 5.76. The van der Waals surface area contributed by atoms with Crippen LogP contribution in [0, 0.1) is 20.8 Å². The standard InChI is InChI=1S/C16H28N2/c1-12-8-13(2)15(14(3)9-12)10-17-11-16(4,5)18(6)7/h8-9,17H,10-11H2,1-7H3. The van der Waals surface area contributed by atoms with Crippen LogP contribution in [-0.2, 0) is 6.54 Å². The molecule has 1 rings (SSSR count). The lowest BCUT2D eigenvalue weighted by molar-refractivity contribution is 0.189. The predicted molar refractivity (Wildman–Crippen MR) is 80.1 cm³/mol. The van der Waals surface area contributed by atoms with E-state index in [1.807, 2.05) is 0 Å². The van der Waals surface area contributed by atoms with Crippen molar-refractivity contribution in [2.45, 2.75) is 46.7 Å². The van der Waals surface area contributed by atoms with Crippen molar-refractivity contribution in [1.82, 2.24) is 10.2 Å². The average molecular weight is 248 g/mol. The van der Waals surface area contributed by atoms with Crippen molar-refractivity contribution in [2.75, 3.05) is 20.6 Å². The van der Waals surface area contributed by atoms with Crippen LogP contribution in [0.5, 0.6) is 0 Å². The van der Waals surface area contributed by atoms with E-state index in [-0.39, 0.29) is 5.54 Å². The fourth-order valence-electron chi connectivity index (χ4n) is 2.14. The van der Waals surface area contributed by atoms with Crippen LogP contribution < -0.4 is 5.32 Å². The van der Waals surface area contributed by atoms with Gasteiger partial charge in [0, 0.05) is 18.6 Å². The molecule has 2 nitrogen and oxygen atoms in total. The molecule has 0 aliphatic heterocycles. The molecule has 0 heterocycles. The Morgan fingerprint density at radius 3 is 2.00 bits per heavy atom. The van der Waals surface area contributed by atoms with E-state index in [1.54, 1.807) is 0 Å². The molecular weight excluding hydrogens is 220 g/mol. The maximum absolute atomic E-state index is 3.58. The minimum Gasteiger partial charge on any atom is -0.311 e. The fourth-order valence-corrected chi connectivity index (χ4v) is 2.14. The molecule has 0 bridgehead atoms. The Labute approximate surface area is 112 Å². The first-order chi connectivity index (χ1) is 8.24. The van der Waals surface area contributed by atoms with Crippen LogP contribution in [0.1, 0.15) is 36.1 Å². The van der Waals surface area contributed by atoms with Crippen LogP contribution in [-0.4, -0.2) is 31.1 Å². The first kappa shape index (κ1) is 15.2. The van der Waals surface area contributed by atoms with E-state index in [1.165, 1.54) is 22.3 Å². The molecule has 0 radical (unpaired) electrons. The van der Waals surface area contributed by atoms with Gasteiger partial charge < -0.3 is 10.2 Å². The van der Waals surface area contributed by atoms with Crippen molar-refractivity contribution in [3.63, 3.8) is 0 Å². The van der Waals surface area contributed by atoms with Crippen molar-refractivity contribution in [2.24, 2.45) is 0 Å². The van der Waals surface area contributed by atoms with Crippen molar-refractivity contribution < 1.29 is 0 Å². The Balaban J connectivity index is 2.65. The summed E-state index contributed by atoms with van der Waals surface area (Å²) in [5.74, 6) is 0. The quantitative estimate of drug-likeness (QED) is 0.861. The lowest BCUT2D eigenvalue weighted by Gasteiger charge is -2.33. The molecule has 102 valence electrons. The number of rotatable bonds is 5. The molecule has 0 fully saturated rings. The number of nitrogens with zero attached hydrogens (tertiary/aromatic N) is 1. The minimum absolute atomic E-state index is 0.187. The Morgan fingerprint density at radius 2 is 1.56 bits per heavy atom. The molecule has 0 amide bonds. The Morgan fingerprint density at radius 1 is 1.06 bits per heavy atom. The van der Waals surface area contributed by atoms with Gasteiger partial charge in [-0.15, -0.1) is 0 Å². The summed E-state index contributed by atoms with van der Waals surface area (Å²) < 4.78 is 0. The zero-order valence-electron chi connectivity index (χ0n) is 13.0. The Hall–Kier alpha value is -0.860. The van der Waals surface area contributed by atoms with Crippen LogP contribution in [0.15, 0.2) is 12.1 Å². The van der Waals surface area contributed by atoms with Gasteiger partial charge in [0.05, 0.1) is 0 Å². The monoisotopic (exact) mass is 248 g/mol. The largest absolute Gasteiger partial charge is 0.311 e. The van der Waals surface area contributed by atoms with Crippen molar-refractivity contribution in [3.8, 4) is 0 Å². The van der Waals surface area contributed by atoms with Gasteiger partial charge in [-0.25, -0.2) is 0 Å². The maximum atomic E-state index is 3.58. The molecule has 0 aromatic heterocycles. The number of hydrogen-bond acceptors (Lipinski definition) is 2. The second kappa shape index (κ2) is 5.85. The molecule has 0 saturated carbocycles. The number of nitrogens with one attached hydrogen (secondary N) is 1. The van der Waals surface area contributed by atoms with E-state index >= 15 is 0 Å². The number of hydrogen-bond donors (Lipinski definition) is 1. The number of aryl methyl sites for hydroxylation is 3. The van der Waals surface area contributed by atoms with E-state index in [0.717, 1.165) is 13.1 Å². The summed E-state index contributed by atoms with van der Waals surface area (Å²) in [5, 5.41) is 3.58. The van der Waals surface area contributed by atoms with Crippen LogP contribution in [0.4, 0.5) is 0 Å². The summed E-state index contributed by atoms with van der Waals surface area (Å²) in [4.78, 5) is 2.26. The molecule has 18 heavy (non-hydrogen) atoms. The van der Waals surface area contributed by atoms with Gasteiger partial charge in [0.2, 0.25) is 0 Å². The normalized spacial score (nSPS) is 12.2. The molecule has 0 aliphatic carbocycles. The van der Waals surface area contributed by atoms with Gasteiger partial charge in [0.15, 0.2) is 0 Å². The average Bonchev–Trinajstić information content (AvgIpc) is 2.21. The summed E-state index contributed by atoms with van der Waals surface area (Å²) >= 11 is 0. The van der Waals surface area contributed by atoms with E-state index in [2.05, 4.69) is 71.1 Å². The highest BCUT2D eigenvalue weighted by atomic mass is 15.2. The maximum Gasteiger partial charge on any atom is 0.0271 e. The van der Waals surface area contributed by atoms with Gasteiger partial charge in [0.25, 0.3) is 0 Å². The van der Waals surface area contributed by atoms with E-state index in [0.29, 0.717) is 0 Å². The van der Waals surface area contributed by atoms with E-state index < -0.39 is 0 Å². The summed E-state index contributed by atoms with van der Waals surface area (Å²) in [7, 11) is 4.26. The molecular formula is C16H28N2. The Kier molecular flexibility index (Phi) is 4.94. The molecule has 0 saturated heterocycles. The van der Waals surface area contributed by atoms with Gasteiger partial charge in [-0.1, -0.05) is 17.7 Å². The van der Waals surface area contributed by atoms with Crippen molar-refractivity contribution in [3.05, 3.63) is 34.4 Å². The zero-order chi connectivity index (χ0) is 13.9. The summed E-state index contributed by atoms with van der Waals surface area (Å²) in [6, 6.07) is 4.53. The van der Waals surface area contributed by atoms with E-state index in [9.17, 15) is 0 Å². The summed E-state index contributed by atoms with van der Waals surface area (Å²) in [6.07, 6.45) is 0. The highest BCUT2D eigenvalue weighted by Gasteiger charge is 2.19. The van der Waals surface area contributed by atoms with Gasteiger partial charge in [0.1, 0.15) is 0 Å². The van der Waals surface area contributed by atoms with Gasteiger partial charge in [-0.2, -0.15) is 0 Å². The third kappa shape index (κ3) is 3.82. The third-order valence-corrected chi connectivity index (χ3v) is 3.91. The van der Waals surface area contributed by atoms with Crippen LogP contribution >= 0.6 is 0 Å². The van der Waals surface area contributed by atoms with Gasteiger partial charge in [-0.3, -0.25) is 0 Å². The smallest absolute Gasteiger partial charge is 0.0271 e. The molecule has 1 aromatic rings. The van der Waals surface area contributed by atoms with E-state index in [4.69, 9.17) is 0 Å². The second-order valence-corrected chi connectivity index (χ2v) is 6.19. The summed E-state index contributed by atoms with van der Waals surface area (Å²) in [6.45, 7) is 13.0. The number of likely N-dealkylation sites (N-methyl/N-ethyl adjacent to an activating group) is 1. The first-order valence-electron chi connectivity index (χ1n) is 6.69. The van der Waals surface area contributed by atoms with Crippen LogP contribution in [0.2, 0.25) is 0 Å². The first-order valence-corrected chi connectivity index (χ1v) is 6.69. The van der Waals surface area contributed by atoms with Crippen LogP contribution in [0.3, 0.4) is 0 Å². The minimum atomic E-state index is 0.187. The van der Waals surface area contributed by atoms with Gasteiger partial charge in [-0.05, 0) is 65.4 Å². The SMILES string of the molecule is Cc1cc(C)c(CNCC(C)(C)N(C)C)c(C)c1. The molecule has 0 unspecified atom stereocenters. The van der Waals surface area contributed by atoms with Crippen LogP contribution in [0.25, 0.3) is 0 Å². The third-order valence-electron chi connectivity index (χ3n) is 3.91. The predicted octanol–water partition coefficient (Wildman–Crippen LogP) is 3.04. The molecule has 1 N–H and O–H groups in total. The highest BCUT2D eigenvalue weighted by Crippen LogP contribution is 2.16. The fraction of sp³-hybridized carbons (Fsp3) is 0.625. The van der Waals surface area contributed by atoms with Crippen molar-refractivity contribution in [1.29, 1.82) is 0 Å². The molecule has 0 aliphatic rings. The highest BCUT2D eigenvalue weighted by molar-refractivity contribution is 5.37.